The number of rotatable bonds is 4. The van der Waals surface area contributed by atoms with E-state index < -0.39 is 10.0 Å². The Kier molecular flexibility index (Phi) is 3.63. The molecule has 0 radical (unpaired) electrons. The third kappa shape index (κ3) is 2.80. The van der Waals surface area contributed by atoms with E-state index in [0.29, 0.717) is 0 Å². The number of nitrogen functional groups attached to an aromatic ring is 1. The maximum atomic E-state index is 12.2. The molecule has 0 aliphatic rings. The molecular weight excluding hydrogens is 266 g/mol. The Balaban J connectivity index is 2.41. The van der Waals surface area contributed by atoms with Crippen LogP contribution in [0.5, 0.6) is 0 Å². The first-order valence-electron chi connectivity index (χ1n) is 5.40. The largest absolute Gasteiger partial charge is 0.307 e. The molecule has 0 bridgehead atoms. The lowest BCUT2D eigenvalue weighted by atomic mass is 10.3. The molecule has 0 atom stereocenters. The summed E-state index contributed by atoms with van der Waals surface area (Å²) in [4.78, 5) is 7.79. The van der Waals surface area contributed by atoms with Crippen molar-refractivity contribution in [2.45, 2.75) is 11.8 Å². The first-order valence-corrected chi connectivity index (χ1v) is 6.89. The number of anilines is 2. The zero-order chi connectivity index (χ0) is 13.9. The molecule has 0 saturated carbocycles. The highest BCUT2D eigenvalue weighted by Crippen LogP contribution is 2.21. The molecule has 19 heavy (non-hydrogen) atoms. The summed E-state index contributed by atoms with van der Waals surface area (Å²) in [5, 5.41) is 0. The van der Waals surface area contributed by atoms with E-state index in [-0.39, 0.29) is 16.5 Å². The Morgan fingerprint density at radius 2 is 1.74 bits per heavy atom. The molecule has 0 fully saturated rings. The van der Waals surface area contributed by atoms with Gasteiger partial charge < -0.3 is 5.43 Å². The van der Waals surface area contributed by atoms with Crippen LogP contribution < -0.4 is 16.0 Å². The number of hydrogen-bond acceptors (Lipinski definition) is 6. The minimum atomic E-state index is -3.80. The second-order valence-corrected chi connectivity index (χ2v) is 5.42. The number of sulfonamides is 1. The number of hydrazine groups is 1. The minimum Gasteiger partial charge on any atom is -0.307 e. The molecule has 2 aromatic heterocycles. The Morgan fingerprint density at radius 1 is 1.11 bits per heavy atom. The number of aryl methyl sites for hydroxylation is 1. The van der Waals surface area contributed by atoms with Gasteiger partial charge in [-0.3, -0.25) is 4.72 Å². The predicted octanol–water partition coefficient (Wildman–Crippen LogP) is 0.871. The van der Waals surface area contributed by atoms with Crippen molar-refractivity contribution in [3.05, 3.63) is 42.2 Å². The zero-order valence-electron chi connectivity index (χ0n) is 10.2. The highest BCUT2D eigenvalue weighted by Gasteiger charge is 2.20. The zero-order valence-corrected chi connectivity index (χ0v) is 11.0. The normalized spacial score (nSPS) is 11.1. The quantitative estimate of drug-likeness (QED) is 0.566. The van der Waals surface area contributed by atoms with Gasteiger partial charge in [0.2, 0.25) is 0 Å². The number of aromatic nitrogens is 2. The molecule has 2 rings (SSSR count). The monoisotopic (exact) mass is 279 g/mol. The topological polar surface area (TPSA) is 110 Å². The highest BCUT2D eigenvalue weighted by atomic mass is 32.2. The van der Waals surface area contributed by atoms with Crippen molar-refractivity contribution in [2.24, 2.45) is 5.84 Å². The van der Waals surface area contributed by atoms with E-state index in [1.165, 1.54) is 24.5 Å². The molecular formula is C11H13N5O2S. The summed E-state index contributed by atoms with van der Waals surface area (Å²) in [6.45, 7) is 1.76. The molecule has 4 N–H and O–H groups in total. The van der Waals surface area contributed by atoms with Crippen molar-refractivity contribution in [1.82, 2.24) is 9.97 Å². The molecule has 0 unspecified atom stereocenters. The second kappa shape index (κ2) is 5.21. The molecule has 0 aromatic carbocycles. The Hall–Kier alpha value is -2.19. The van der Waals surface area contributed by atoms with Crippen molar-refractivity contribution >= 4 is 21.7 Å². The van der Waals surface area contributed by atoms with Gasteiger partial charge in [0.05, 0.1) is 0 Å². The lowest BCUT2D eigenvalue weighted by Crippen LogP contribution is -2.19. The van der Waals surface area contributed by atoms with Crippen LogP contribution >= 0.6 is 0 Å². The van der Waals surface area contributed by atoms with E-state index in [1.54, 1.807) is 19.1 Å². The van der Waals surface area contributed by atoms with E-state index >= 15 is 0 Å². The fraction of sp³-hybridized carbons (Fsp3) is 0.0909. The van der Waals surface area contributed by atoms with Crippen LogP contribution in [0.1, 0.15) is 5.56 Å². The Bertz CT molecular complexity index is 687. The molecule has 0 spiro atoms. The third-order valence-corrected chi connectivity index (χ3v) is 3.81. The van der Waals surface area contributed by atoms with Crippen LogP contribution in [0.15, 0.2) is 41.6 Å². The minimum absolute atomic E-state index is 0.0393. The van der Waals surface area contributed by atoms with Gasteiger partial charge in [0.15, 0.2) is 5.82 Å². The van der Waals surface area contributed by atoms with Crippen LogP contribution in [-0.4, -0.2) is 18.4 Å². The third-order valence-electron chi connectivity index (χ3n) is 2.44. The molecule has 2 heterocycles. The summed E-state index contributed by atoms with van der Waals surface area (Å²) in [6, 6.07) is 6.41. The number of pyridine rings is 2. The summed E-state index contributed by atoms with van der Waals surface area (Å²) in [6.07, 6.45) is 2.95. The average Bonchev–Trinajstić information content (AvgIpc) is 2.41. The van der Waals surface area contributed by atoms with Gasteiger partial charge in [0.1, 0.15) is 10.7 Å². The Labute approximate surface area is 110 Å². The van der Waals surface area contributed by atoms with Crippen molar-refractivity contribution in [3.8, 4) is 0 Å². The van der Waals surface area contributed by atoms with Crippen LogP contribution in [0.2, 0.25) is 0 Å². The molecule has 0 saturated heterocycles. The van der Waals surface area contributed by atoms with Crippen molar-refractivity contribution in [2.75, 3.05) is 10.1 Å². The van der Waals surface area contributed by atoms with Crippen LogP contribution in [-0.2, 0) is 10.0 Å². The second-order valence-electron chi connectivity index (χ2n) is 3.77. The van der Waals surface area contributed by atoms with Gasteiger partial charge in [-0.1, -0.05) is 6.07 Å². The van der Waals surface area contributed by atoms with Gasteiger partial charge in [0, 0.05) is 12.4 Å². The van der Waals surface area contributed by atoms with Crippen molar-refractivity contribution < 1.29 is 8.42 Å². The van der Waals surface area contributed by atoms with Crippen LogP contribution in [0.3, 0.4) is 0 Å². The number of nitrogens with one attached hydrogen (secondary N) is 2. The molecule has 8 heteroatoms. The van der Waals surface area contributed by atoms with E-state index in [1.807, 2.05) is 0 Å². The summed E-state index contributed by atoms with van der Waals surface area (Å²) in [5.41, 5.74) is 2.97. The predicted molar refractivity (Wildman–Crippen MR) is 71.8 cm³/mol. The lowest BCUT2D eigenvalue weighted by Gasteiger charge is -2.11. The van der Waals surface area contributed by atoms with E-state index in [2.05, 4.69) is 20.1 Å². The summed E-state index contributed by atoms with van der Waals surface area (Å²) >= 11 is 0. The first-order chi connectivity index (χ1) is 9.04. The molecule has 0 amide bonds. The van der Waals surface area contributed by atoms with Gasteiger partial charge in [-0.15, -0.1) is 0 Å². The smallest absolute Gasteiger partial charge is 0.266 e. The SMILES string of the molecule is Cc1cccnc1NS(=O)(=O)c1cccnc1NN. The molecule has 0 aliphatic carbocycles. The van der Waals surface area contributed by atoms with Gasteiger partial charge >= 0.3 is 0 Å². The van der Waals surface area contributed by atoms with E-state index in [0.717, 1.165) is 5.56 Å². The summed E-state index contributed by atoms with van der Waals surface area (Å²) in [7, 11) is -3.80. The summed E-state index contributed by atoms with van der Waals surface area (Å²) in [5.74, 6) is 5.60. The number of nitrogens with zero attached hydrogens (tertiary/aromatic N) is 2. The van der Waals surface area contributed by atoms with Crippen LogP contribution in [0.4, 0.5) is 11.6 Å². The van der Waals surface area contributed by atoms with E-state index in [4.69, 9.17) is 5.84 Å². The van der Waals surface area contributed by atoms with Crippen molar-refractivity contribution in [3.63, 3.8) is 0 Å². The van der Waals surface area contributed by atoms with Crippen LogP contribution in [0.25, 0.3) is 0 Å². The van der Waals surface area contributed by atoms with Gasteiger partial charge in [-0.25, -0.2) is 24.2 Å². The maximum Gasteiger partial charge on any atom is 0.266 e. The number of hydrogen-bond donors (Lipinski definition) is 3. The molecule has 2 aromatic rings. The fourth-order valence-corrected chi connectivity index (χ4v) is 2.69. The molecule has 7 nitrogen and oxygen atoms in total. The summed E-state index contributed by atoms with van der Waals surface area (Å²) < 4.78 is 26.9. The van der Waals surface area contributed by atoms with Gasteiger partial charge in [-0.05, 0) is 30.7 Å². The van der Waals surface area contributed by atoms with Crippen LogP contribution in [0, 0.1) is 6.92 Å². The fourth-order valence-electron chi connectivity index (χ4n) is 1.49. The maximum absolute atomic E-state index is 12.2. The average molecular weight is 279 g/mol. The standard InChI is InChI=1S/C11H13N5O2S/c1-8-4-2-6-13-10(8)16-19(17,18)9-5-3-7-14-11(9)15-12/h2-7H,12H2,1H3,(H,13,16)(H,14,15). The van der Waals surface area contributed by atoms with E-state index in [9.17, 15) is 8.42 Å². The Morgan fingerprint density at radius 3 is 2.37 bits per heavy atom. The lowest BCUT2D eigenvalue weighted by molar-refractivity contribution is 0.601. The first kappa shape index (κ1) is 13.2. The van der Waals surface area contributed by atoms with Gasteiger partial charge in [-0.2, -0.15) is 0 Å². The molecule has 0 aliphatic heterocycles. The van der Waals surface area contributed by atoms with Crippen molar-refractivity contribution in [1.29, 1.82) is 0 Å². The molecule has 100 valence electrons. The number of nitrogens with two attached hydrogens (primary N) is 1. The highest BCUT2D eigenvalue weighted by molar-refractivity contribution is 7.92. The van der Waals surface area contributed by atoms with Gasteiger partial charge in [0.25, 0.3) is 10.0 Å².